The second-order valence-corrected chi connectivity index (χ2v) is 8.93. The third kappa shape index (κ3) is 12.3. The topological polar surface area (TPSA) is 41.6 Å². The lowest BCUT2D eigenvalue weighted by atomic mass is 9.72. The molecule has 0 saturated heterocycles. The first-order valence-electron chi connectivity index (χ1n) is 9.06. The molecule has 0 aromatic rings. The Labute approximate surface area is 144 Å². The van der Waals surface area contributed by atoms with Gasteiger partial charge in [-0.05, 0) is 49.6 Å². The van der Waals surface area contributed by atoms with Crippen molar-refractivity contribution in [3.63, 3.8) is 0 Å². The summed E-state index contributed by atoms with van der Waals surface area (Å²) in [5.41, 5.74) is 0.266. The van der Waals surface area contributed by atoms with E-state index >= 15 is 0 Å². The Balaban J connectivity index is 4.17. The van der Waals surface area contributed by atoms with Crippen molar-refractivity contribution in [2.45, 2.75) is 74.1 Å². The van der Waals surface area contributed by atoms with Crippen LogP contribution in [0.3, 0.4) is 0 Å². The van der Waals surface area contributed by atoms with Crippen molar-refractivity contribution < 1.29 is 9.53 Å². The van der Waals surface area contributed by atoms with Gasteiger partial charge in [0.25, 0.3) is 0 Å². The smallest absolute Gasteiger partial charge is 0.408 e. The minimum atomic E-state index is -0.319. The summed E-state index contributed by atoms with van der Waals surface area (Å²) >= 11 is 0. The number of ether oxygens (including phenoxy) is 1. The van der Waals surface area contributed by atoms with Crippen LogP contribution >= 0.6 is 0 Å². The molecule has 1 N–H and O–H groups in total. The zero-order valence-corrected chi connectivity index (χ0v) is 16.8. The molecule has 0 aliphatic rings. The Hall–Kier alpha value is -0.770. The van der Waals surface area contributed by atoms with Gasteiger partial charge in [-0.1, -0.05) is 54.9 Å². The quantitative estimate of drug-likeness (QED) is 0.549. The molecule has 1 amide bonds. The number of carbonyl (C=O) groups is 1. The molecule has 0 heterocycles. The number of alkyl carbamates (subject to hydrolysis) is 1. The number of amides is 1. The van der Waals surface area contributed by atoms with Crippen LogP contribution in [-0.2, 0) is 4.74 Å². The standard InChI is InChI=1S/C19H40N2O2/c1-9-12-21(8)15-20-17(22)23-14-19(6,7)13-18(4,5)11-10-16(2)3/h16H,9-15H2,1-8H3,(H,20,22). The molecule has 4 nitrogen and oxygen atoms in total. The van der Waals surface area contributed by atoms with Crippen LogP contribution in [-0.4, -0.2) is 37.9 Å². The molecule has 23 heavy (non-hydrogen) atoms. The van der Waals surface area contributed by atoms with E-state index in [0.717, 1.165) is 25.3 Å². The van der Waals surface area contributed by atoms with E-state index in [1.807, 2.05) is 7.05 Å². The average Bonchev–Trinajstić information content (AvgIpc) is 2.40. The molecule has 0 atom stereocenters. The van der Waals surface area contributed by atoms with Crippen LogP contribution in [0, 0.1) is 16.7 Å². The number of hydrogen-bond acceptors (Lipinski definition) is 3. The highest BCUT2D eigenvalue weighted by atomic mass is 16.5. The van der Waals surface area contributed by atoms with E-state index in [0.29, 0.717) is 13.3 Å². The Morgan fingerprint density at radius 1 is 1.17 bits per heavy atom. The van der Waals surface area contributed by atoms with Crippen molar-refractivity contribution in [2.75, 3.05) is 26.9 Å². The van der Waals surface area contributed by atoms with Gasteiger partial charge in [0.15, 0.2) is 0 Å². The Bertz CT molecular complexity index is 338. The van der Waals surface area contributed by atoms with Gasteiger partial charge in [0.05, 0.1) is 13.3 Å². The Kier molecular flexibility index (Phi) is 9.83. The van der Waals surface area contributed by atoms with E-state index in [1.54, 1.807) is 0 Å². The molecule has 0 spiro atoms. The van der Waals surface area contributed by atoms with Crippen LogP contribution in [0.4, 0.5) is 4.79 Å². The molecule has 0 aliphatic carbocycles. The van der Waals surface area contributed by atoms with Crippen molar-refractivity contribution in [3.8, 4) is 0 Å². The van der Waals surface area contributed by atoms with Gasteiger partial charge in [-0.25, -0.2) is 4.79 Å². The highest BCUT2D eigenvalue weighted by molar-refractivity contribution is 5.67. The zero-order valence-electron chi connectivity index (χ0n) is 16.8. The summed E-state index contributed by atoms with van der Waals surface area (Å²) < 4.78 is 5.43. The van der Waals surface area contributed by atoms with E-state index in [2.05, 4.69) is 58.7 Å². The predicted molar refractivity (Wildman–Crippen MR) is 98.5 cm³/mol. The number of rotatable bonds is 11. The summed E-state index contributed by atoms with van der Waals surface area (Å²) in [7, 11) is 1.99. The van der Waals surface area contributed by atoms with Gasteiger partial charge in [-0.3, -0.25) is 4.90 Å². The fourth-order valence-corrected chi connectivity index (χ4v) is 3.09. The molecular weight excluding hydrogens is 288 g/mol. The van der Waals surface area contributed by atoms with Gasteiger partial charge in [-0.15, -0.1) is 0 Å². The SMILES string of the molecule is CCCN(C)CNC(=O)OCC(C)(C)CC(C)(C)CCC(C)C. The molecule has 0 fully saturated rings. The van der Waals surface area contributed by atoms with E-state index in [1.165, 1.54) is 12.8 Å². The Morgan fingerprint density at radius 3 is 2.30 bits per heavy atom. The lowest BCUT2D eigenvalue weighted by Gasteiger charge is -2.35. The van der Waals surface area contributed by atoms with Crippen molar-refractivity contribution in [1.29, 1.82) is 0 Å². The van der Waals surface area contributed by atoms with E-state index in [-0.39, 0.29) is 16.9 Å². The van der Waals surface area contributed by atoms with E-state index < -0.39 is 0 Å². The molecule has 0 rings (SSSR count). The van der Waals surface area contributed by atoms with Crippen molar-refractivity contribution in [1.82, 2.24) is 10.2 Å². The fraction of sp³-hybridized carbons (Fsp3) is 0.947. The number of hydrogen-bond donors (Lipinski definition) is 1. The number of carbonyl (C=O) groups excluding carboxylic acids is 1. The second kappa shape index (κ2) is 10.2. The minimum Gasteiger partial charge on any atom is -0.449 e. The Morgan fingerprint density at radius 2 is 1.78 bits per heavy atom. The molecule has 0 radical (unpaired) electrons. The molecular formula is C19H40N2O2. The van der Waals surface area contributed by atoms with Gasteiger partial charge in [0.1, 0.15) is 0 Å². The molecule has 0 aliphatic heterocycles. The zero-order chi connectivity index (χ0) is 18.1. The third-order valence-corrected chi connectivity index (χ3v) is 4.05. The summed E-state index contributed by atoms with van der Waals surface area (Å²) in [5.74, 6) is 0.736. The maximum Gasteiger partial charge on any atom is 0.408 e. The van der Waals surface area contributed by atoms with Crippen molar-refractivity contribution >= 4 is 6.09 Å². The van der Waals surface area contributed by atoms with Crippen molar-refractivity contribution in [3.05, 3.63) is 0 Å². The van der Waals surface area contributed by atoms with E-state index in [4.69, 9.17) is 4.74 Å². The molecule has 0 aromatic heterocycles. The lowest BCUT2D eigenvalue weighted by molar-refractivity contribution is 0.0654. The first kappa shape index (κ1) is 22.2. The largest absolute Gasteiger partial charge is 0.449 e. The predicted octanol–water partition coefficient (Wildman–Crippen LogP) is 4.89. The third-order valence-electron chi connectivity index (χ3n) is 4.05. The maximum atomic E-state index is 11.8. The number of nitrogens with zero attached hydrogens (tertiary/aromatic N) is 1. The van der Waals surface area contributed by atoms with Crippen LogP contribution in [0.1, 0.15) is 74.1 Å². The summed E-state index contributed by atoms with van der Waals surface area (Å²) in [6.45, 7) is 17.6. The van der Waals surface area contributed by atoms with Crippen LogP contribution in [0.25, 0.3) is 0 Å². The lowest BCUT2D eigenvalue weighted by Crippen LogP contribution is -2.37. The first-order chi connectivity index (χ1) is 10.5. The van der Waals surface area contributed by atoms with Gasteiger partial charge < -0.3 is 10.1 Å². The van der Waals surface area contributed by atoms with Gasteiger partial charge in [0.2, 0.25) is 0 Å². The summed E-state index contributed by atoms with van der Waals surface area (Å²) in [4.78, 5) is 13.9. The number of nitrogens with one attached hydrogen (secondary N) is 1. The fourth-order valence-electron chi connectivity index (χ4n) is 3.09. The van der Waals surface area contributed by atoms with Gasteiger partial charge >= 0.3 is 6.09 Å². The molecule has 0 saturated carbocycles. The second-order valence-electron chi connectivity index (χ2n) is 8.93. The van der Waals surface area contributed by atoms with Crippen LogP contribution in [0.15, 0.2) is 0 Å². The van der Waals surface area contributed by atoms with E-state index in [9.17, 15) is 4.79 Å². The maximum absolute atomic E-state index is 11.8. The summed E-state index contributed by atoms with van der Waals surface area (Å²) in [5, 5.41) is 2.81. The normalized spacial score (nSPS) is 12.8. The summed E-state index contributed by atoms with van der Waals surface area (Å²) in [6.07, 6.45) is 4.26. The monoisotopic (exact) mass is 328 g/mol. The van der Waals surface area contributed by atoms with Crippen molar-refractivity contribution in [2.24, 2.45) is 16.7 Å². The molecule has 138 valence electrons. The van der Waals surface area contributed by atoms with Gasteiger partial charge in [-0.2, -0.15) is 0 Å². The molecule has 4 heteroatoms. The highest BCUT2D eigenvalue weighted by Crippen LogP contribution is 2.38. The van der Waals surface area contributed by atoms with Gasteiger partial charge in [0, 0.05) is 0 Å². The first-order valence-corrected chi connectivity index (χ1v) is 9.06. The average molecular weight is 329 g/mol. The van der Waals surface area contributed by atoms with Crippen LogP contribution in [0.5, 0.6) is 0 Å². The molecule has 0 unspecified atom stereocenters. The summed E-state index contributed by atoms with van der Waals surface area (Å²) in [6, 6.07) is 0. The minimum absolute atomic E-state index is 0.00681. The highest BCUT2D eigenvalue weighted by Gasteiger charge is 2.30. The van der Waals surface area contributed by atoms with Crippen LogP contribution < -0.4 is 5.32 Å². The molecule has 0 bridgehead atoms. The molecule has 0 aromatic carbocycles. The van der Waals surface area contributed by atoms with Crippen LogP contribution in [0.2, 0.25) is 0 Å².